The number of piperidine rings is 1. The molecule has 1 aliphatic heterocycles. The Kier molecular flexibility index (Phi) is 5.64. The fraction of sp³-hybridized carbons (Fsp3) is 0.556. The highest BCUT2D eigenvalue weighted by Gasteiger charge is 2.24. The van der Waals surface area contributed by atoms with Gasteiger partial charge in [-0.25, -0.2) is 4.79 Å². The van der Waals surface area contributed by atoms with Crippen LogP contribution in [0.4, 0.5) is 4.79 Å². The van der Waals surface area contributed by atoms with Crippen LogP contribution in [0.3, 0.4) is 0 Å². The standard InChI is InChI=1S/C18H27N3O2/c1-12(2)19-18(23)21-9-7-16(8-10-21)20-17(22)15-6-5-13(3)14(4)11-15/h5-6,11-12,16H,7-10H2,1-4H3,(H,19,23)(H,20,22). The van der Waals surface area contributed by atoms with Crippen LogP contribution in [0.2, 0.25) is 0 Å². The van der Waals surface area contributed by atoms with Crippen LogP contribution in [0.1, 0.15) is 48.2 Å². The molecule has 0 spiro atoms. The van der Waals surface area contributed by atoms with E-state index in [1.54, 1.807) is 0 Å². The van der Waals surface area contributed by atoms with Crippen LogP contribution >= 0.6 is 0 Å². The Morgan fingerprint density at radius 3 is 2.35 bits per heavy atom. The van der Waals surface area contributed by atoms with Crippen LogP contribution in [0.25, 0.3) is 0 Å². The summed E-state index contributed by atoms with van der Waals surface area (Å²) in [6, 6.07) is 6.03. The van der Waals surface area contributed by atoms with Gasteiger partial charge in [0, 0.05) is 30.7 Å². The molecule has 5 heteroatoms. The monoisotopic (exact) mass is 317 g/mol. The van der Waals surface area contributed by atoms with Crippen LogP contribution < -0.4 is 10.6 Å². The SMILES string of the molecule is Cc1ccc(C(=O)NC2CCN(C(=O)NC(C)C)CC2)cc1C. The Balaban J connectivity index is 1.85. The Morgan fingerprint density at radius 1 is 1.13 bits per heavy atom. The maximum atomic E-state index is 12.3. The summed E-state index contributed by atoms with van der Waals surface area (Å²) in [7, 11) is 0. The molecule has 1 heterocycles. The Hall–Kier alpha value is -2.04. The highest BCUT2D eigenvalue weighted by atomic mass is 16.2. The lowest BCUT2D eigenvalue weighted by molar-refractivity contribution is 0.0917. The summed E-state index contributed by atoms with van der Waals surface area (Å²) in [6.07, 6.45) is 1.59. The first-order chi connectivity index (χ1) is 10.9. The largest absolute Gasteiger partial charge is 0.349 e. The van der Waals surface area contributed by atoms with Gasteiger partial charge in [-0.1, -0.05) is 6.07 Å². The van der Waals surface area contributed by atoms with E-state index < -0.39 is 0 Å². The summed E-state index contributed by atoms with van der Waals surface area (Å²) in [4.78, 5) is 26.1. The first-order valence-corrected chi connectivity index (χ1v) is 8.30. The van der Waals surface area contributed by atoms with E-state index in [0.717, 1.165) is 18.4 Å². The molecule has 1 aromatic rings. The van der Waals surface area contributed by atoms with Gasteiger partial charge in [0.15, 0.2) is 0 Å². The molecule has 0 aromatic heterocycles. The molecule has 126 valence electrons. The van der Waals surface area contributed by atoms with Gasteiger partial charge in [-0.2, -0.15) is 0 Å². The molecule has 2 rings (SSSR count). The molecule has 0 bridgehead atoms. The van der Waals surface area contributed by atoms with Gasteiger partial charge in [-0.15, -0.1) is 0 Å². The number of carbonyl (C=O) groups excluding carboxylic acids is 2. The molecule has 1 aliphatic rings. The van der Waals surface area contributed by atoms with Gasteiger partial charge >= 0.3 is 6.03 Å². The van der Waals surface area contributed by atoms with E-state index in [4.69, 9.17) is 0 Å². The highest BCUT2D eigenvalue weighted by molar-refractivity contribution is 5.94. The van der Waals surface area contributed by atoms with Gasteiger partial charge in [0.05, 0.1) is 0 Å². The second-order valence-corrected chi connectivity index (χ2v) is 6.64. The third-order valence-electron chi connectivity index (χ3n) is 4.30. The van der Waals surface area contributed by atoms with Crippen molar-refractivity contribution in [3.05, 3.63) is 34.9 Å². The third-order valence-corrected chi connectivity index (χ3v) is 4.30. The maximum Gasteiger partial charge on any atom is 0.317 e. The van der Waals surface area contributed by atoms with E-state index in [-0.39, 0.29) is 24.0 Å². The number of amides is 3. The van der Waals surface area contributed by atoms with E-state index in [9.17, 15) is 9.59 Å². The van der Waals surface area contributed by atoms with Crippen molar-refractivity contribution < 1.29 is 9.59 Å². The Morgan fingerprint density at radius 2 is 1.78 bits per heavy atom. The molecule has 23 heavy (non-hydrogen) atoms. The average molecular weight is 317 g/mol. The zero-order valence-corrected chi connectivity index (χ0v) is 14.5. The van der Waals surface area contributed by atoms with Crippen molar-refractivity contribution in [2.24, 2.45) is 0 Å². The zero-order valence-electron chi connectivity index (χ0n) is 14.5. The highest BCUT2D eigenvalue weighted by Crippen LogP contribution is 2.13. The number of urea groups is 1. The first kappa shape index (κ1) is 17.3. The summed E-state index contributed by atoms with van der Waals surface area (Å²) in [5.41, 5.74) is 3.01. The summed E-state index contributed by atoms with van der Waals surface area (Å²) >= 11 is 0. The van der Waals surface area contributed by atoms with Crippen LogP contribution in [-0.2, 0) is 0 Å². The molecule has 0 saturated carbocycles. The second-order valence-electron chi connectivity index (χ2n) is 6.64. The molecule has 3 amide bonds. The molecule has 1 saturated heterocycles. The number of likely N-dealkylation sites (tertiary alicyclic amines) is 1. The summed E-state index contributed by atoms with van der Waals surface area (Å²) in [5, 5.41) is 5.99. The Labute approximate surface area is 138 Å². The minimum absolute atomic E-state index is 0.0149. The molecular weight excluding hydrogens is 290 g/mol. The van der Waals surface area contributed by atoms with Gasteiger partial charge in [-0.05, 0) is 63.8 Å². The summed E-state index contributed by atoms with van der Waals surface area (Å²) in [6.45, 7) is 9.31. The van der Waals surface area contributed by atoms with Gasteiger partial charge in [0.25, 0.3) is 5.91 Å². The van der Waals surface area contributed by atoms with Gasteiger partial charge in [0.1, 0.15) is 0 Å². The predicted molar refractivity (Wildman–Crippen MR) is 91.6 cm³/mol. The quantitative estimate of drug-likeness (QED) is 0.900. The number of carbonyl (C=O) groups is 2. The second kappa shape index (κ2) is 7.49. The molecule has 2 N–H and O–H groups in total. The normalized spacial score (nSPS) is 15.6. The maximum absolute atomic E-state index is 12.3. The van der Waals surface area contributed by atoms with Crippen LogP contribution in [0.15, 0.2) is 18.2 Å². The lowest BCUT2D eigenvalue weighted by atomic mass is 10.0. The average Bonchev–Trinajstić information content (AvgIpc) is 2.50. The van der Waals surface area contributed by atoms with E-state index in [1.165, 1.54) is 5.56 Å². The van der Waals surface area contributed by atoms with Crippen molar-refractivity contribution in [1.82, 2.24) is 15.5 Å². The van der Waals surface area contributed by atoms with Crippen molar-refractivity contribution in [3.63, 3.8) is 0 Å². The van der Waals surface area contributed by atoms with Crippen LogP contribution in [0, 0.1) is 13.8 Å². The molecule has 0 unspecified atom stereocenters. The van der Waals surface area contributed by atoms with Crippen molar-refractivity contribution in [3.8, 4) is 0 Å². The van der Waals surface area contributed by atoms with Crippen molar-refractivity contribution in [2.45, 2.75) is 52.6 Å². The van der Waals surface area contributed by atoms with E-state index in [1.807, 2.05) is 50.8 Å². The number of nitrogens with zero attached hydrogens (tertiary/aromatic N) is 1. The van der Waals surface area contributed by atoms with Crippen LogP contribution in [-0.4, -0.2) is 42.0 Å². The topological polar surface area (TPSA) is 61.4 Å². The third kappa shape index (κ3) is 4.71. The van der Waals surface area contributed by atoms with Crippen molar-refractivity contribution >= 4 is 11.9 Å². The van der Waals surface area contributed by atoms with Gasteiger partial charge in [0.2, 0.25) is 0 Å². The summed E-state index contributed by atoms with van der Waals surface area (Å²) < 4.78 is 0. The van der Waals surface area contributed by atoms with Gasteiger partial charge < -0.3 is 15.5 Å². The fourth-order valence-corrected chi connectivity index (χ4v) is 2.72. The smallest absolute Gasteiger partial charge is 0.317 e. The van der Waals surface area contributed by atoms with E-state index >= 15 is 0 Å². The molecule has 1 aromatic carbocycles. The molecule has 0 aliphatic carbocycles. The lowest BCUT2D eigenvalue weighted by Crippen LogP contribution is -2.50. The zero-order chi connectivity index (χ0) is 17.0. The van der Waals surface area contributed by atoms with Crippen molar-refractivity contribution in [1.29, 1.82) is 0 Å². The number of nitrogens with one attached hydrogen (secondary N) is 2. The van der Waals surface area contributed by atoms with Gasteiger partial charge in [-0.3, -0.25) is 4.79 Å². The fourth-order valence-electron chi connectivity index (χ4n) is 2.72. The number of benzene rings is 1. The van der Waals surface area contributed by atoms with E-state index in [2.05, 4.69) is 10.6 Å². The number of hydrogen-bond acceptors (Lipinski definition) is 2. The summed E-state index contributed by atoms with van der Waals surface area (Å²) in [5.74, 6) is -0.0295. The lowest BCUT2D eigenvalue weighted by Gasteiger charge is -2.33. The number of hydrogen-bond donors (Lipinski definition) is 2. The Bertz CT molecular complexity index is 576. The molecule has 5 nitrogen and oxygen atoms in total. The first-order valence-electron chi connectivity index (χ1n) is 8.30. The van der Waals surface area contributed by atoms with E-state index in [0.29, 0.717) is 18.7 Å². The van der Waals surface area contributed by atoms with Crippen molar-refractivity contribution in [2.75, 3.05) is 13.1 Å². The molecular formula is C18H27N3O2. The molecule has 0 atom stereocenters. The minimum atomic E-state index is -0.0295. The predicted octanol–water partition coefficient (Wildman–Crippen LogP) is 2.62. The molecule has 1 fully saturated rings. The molecule has 0 radical (unpaired) electrons. The van der Waals surface area contributed by atoms with Crippen LogP contribution in [0.5, 0.6) is 0 Å². The number of aryl methyl sites for hydroxylation is 2. The minimum Gasteiger partial charge on any atom is -0.349 e. The number of rotatable bonds is 3.